The van der Waals surface area contributed by atoms with E-state index in [4.69, 9.17) is 16.3 Å². The first-order chi connectivity index (χ1) is 7.72. The van der Waals surface area contributed by atoms with Gasteiger partial charge in [0.2, 0.25) is 5.91 Å². The van der Waals surface area contributed by atoms with Gasteiger partial charge in [-0.1, -0.05) is 0 Å². The summed E-state index contributed by atoms with van der Waals surface area (Å²) in [7, 11) is 1.72. The summed E-state index contributed by atoms with van der Waals surface area (Å²) in [5.41, 5.74) is 0.345. The number of ether oxygens (including phenoxy) is 1. The third kappa shape index (κ3) is 5.17. The monoisotopic (exact) mass is 247 g/mol. The zero-order valence-corrected chi connectivity index (χ0v) is 10.8. The Hall–Kier alpha value is -0.280. The van der Waals surface area contributed by atoms with Crippen molar-refractivity contribution in [1.29, 1.82) is 0 Å². The van der Waals surface area contributed by atoms with E-state index in [9.17, 15) is 4.79 Å². The van der Waals surface area contributed by atoms with Crippen LogP contribution >= 0.6 is 11.6 Å². The van der Waals surface area contributed by atoms with Crippen LogP contribution in [0, 0.1) is 5.41 Å². The van der Waals surface area contributed by atoms with Crippen LogP contribution in [0.5, 0.6) is 0 Å². The number of methoxy groups -OCH3 is 1. The van der Waals surface area contributed by atoms with Crippen molar-refractivity contribution < 1.29 is 9.53 Å². The molecular formula is C12H22ClNO2. The minimum atomic E-state index is 0.161. The Labute approximate surface area is 103 Å². The van der Waals surface area contributed by atoms with Gasteiger partial charge in [0.1, 0.15) is 0 Å². The van der Waals surface area contributed by atoms with E-state index >= 15 is 0 Å². The molecule has 94 valence electrons. The van der Waals surface area contributed by atoms with Crippen molar-refractivity contribution in [3.05, 3.63) is 0 Å². The quantitative estimate of drug-likeness (QED) is 0.502. The Bertz CT molecular complexity index is 217. The van der Waals surface area contributed by atoms with Gasteiger partial charge in [0.25, 0.3) is 0 Å². The number of hydrogen-bond donors (Lipinski definition) is 1. The molecule has 0 aromatic heterocycles. The minimum absolute atomic E-state index is 0.161. The average Bonchev–Trinajstić information content (AvgIpc) is 3.05. The van der Waals surface area contributed by atoms with Crippen LogP contribution in [0.1, 0.15) is 38.5 Å². The van der Waals surface area contributed by atoms with Gasteiger partial charge in [-0.25, -0.2) is 0 Å². The highest BCUT2D eigenvalue weighted by Crippen LogP contribution is 2.48. The summed E-state index contributed by atoms with van der Waals surface area (Å²) in [6.07, 6.45) is 5.92. The molecule has 0 radical (unpaired) electrons. The second-order valence-corrected chi connectivity index (χ2v) is 5.04. The molecular weight excluding hydrogens is 226 g/mol. The molecule has 3 nitrogen and oxygen atoms in total. The lowest BCUT2D eigenvalue weighted by molar-refractivity contribution is -0.121. The molecule has 1 saturated carbocycles. The molecule has 4 heteroatoms. The lowest BCUT2D eigenvalue weighted by Crippen LogP contribution is -2.30. The number of alkyl halides is 1. The lowest BCUT2D eigenvalue weighted by Gasteiger charge is -2.15. The number of unbranched alkanes of at least 4 members (excludes halogenated alkanes) is 1. The molecule has 16 heavy (non-hydrogen) atoms. The SMILES string of the molecule is COCCC1(CNC(=O)CCCCCl)CC1. The maximum absolute atomic E-state index is 11.5. The van der Waals surface area contributed by atoms with E-state index in [0.717, 1.165) is 32.4 Å². The Morgan fingerprint density at radius 1 is 1.44 bits per heavy atom. The van der Waals surface area contributed by atoms with Gasteiger partial charge in [-0.2, -0.15) is 0 Å². The van der Waals surface area contributed by atoms with E-state index in [-0.39, 0.29) is 5.91 Å². The molecule has 1 aliphatic carbocycles. The highest BCUT2D eigenvalue weighted by Gasteiger charge is 2.41. The zero-order chi connectivity index (χ0) is 11.9. The smallest absolute Gasteiger partial charge is 0.220 e. The third-order valence-corrected chi connectivity index (χ3v) is 3.51. The molecule has 0 bridgehead atoms. The van der Waals surface area contributed by atoms with Gasteiger partial charge >= 0.3 is 0 Å². The van der Waals surface area contributed by atoms with Crippen molar-refractivity contribution in [2.75, 3.05) is 26.1 Å². The summed E-state index contributed by atoms with van der Waals surface area (Å²) in [5.74, 6) is 0.805. The number of rotatable bonds is 9. The first-order valence-corrected chi connectivity index (χ1v) is 6.57. The third-order valence-electron chi connectivity index (χ3n) is 3.24. The van der Waals surface area contributed by atoms with Gasteiger partial charge in [0.15, 0.2) is 0 Å². The van der Waals surface area contributed by atoms with E-state index in [1.54, 1.807) is 7.11 Å². The van der Waals surface area contributed by atoms with E-state index in [1.165, 1.54) is 12.8 Å². The average molecular weight is 248 g/mol. The van der Waals surface area contributed by atoms with Gasteiger partial charge < -0.3 is 10.1 Å². The number of hydrogen-bond acceptors (Lipinski definition) is 2. The van der Waals surface area contributed by atoms with Crippen molar-refractivity contribution in [3.63, 3.8) is 0 Å². The molecule has 1 aliphatic rings. The Balaban J connectivity index is 2.07. The molecule has 1 N–H and O–H groups in total. The van der Waals surface area contributed by atoms with Crippen LogP contribution in [0.25, 0.3) is 0 Å². The molecule has 0 unspecified atom stereocenters. The fourth-order valence-electron chi connectivity index (χ4n) is 1.77. The molecule has 0 aliphatic heterocycles. The van der Waals surface area contributed by atoms with E-state index in [2.05, 4.69) is 5.32 Å². The van der Waals surface area contributed by atoms with Gasteiger partial charge in [0, 0.05) is 32.6 Å². The van der Waals surface area contributed by atoms with Crippen LogP contribution in [0.4, 0.5) is 0 Å². The summed E-state index contributed by atoms with van der Waals surface area (Å²) in [5, 5.41) is 3.02. The fraction of sp³-hybridized carbons (Fsp3) is 0.917. The predicted octanol–water partition coefficient (Wildman–Crippen LogP) is 2.33. The highest BCUT2D eigenvalue weighted by atomic mass is 35.5. The van der Waals surface area contributed by atoms with Crippen LogP contribution in [0.2, 0.25) is 0 Å². The van der Waals surface area contributed by atoms with Gasteiger partial charge in [-0.05, 0) is 37.5 Å². The zero-order valence-electron chi connectivity index (χ0n) is 10.1. The van der Waals surface area contributed by atoms with Crippen molar-refractivity contribution in [3.8, 4) is 0 Å². The Morgan fingerprint density at radius 2 is 2.19 bits per heavy atom. The predicted molar refractivity (Wildman–Crippen MR) is 65.7 cm³/mol. The normalized spacial score (nSPS) is 17.1. The van der Waals surface area contributed by atoms with Crippen molar-refractivity contribution in [1.82, 2.24) is 5.32 Å². The maximum atomic E-state index is 11.5. The van der Waals surface area contributed by atoms with Crippen LogP contribution in [-0.2, 0) is 9.53 Å². The molecule has 0 aromatic rings. The number of halogens is 1. The Kier molecular flexibility index (Phi) is 6.14. The largest absolute Gasteiger partial charge is 0.385 e. The first-order valence-electron chi connectivity index (χ1n) is 6.04. The number of carbonyl (C=O) groups excluding carboxylic acids is 1. The molecule has 1 amide bonds. The summed E-state index contributed by atoms with van der Waals surface area (Å²) < 4.78 is 5.08. The highest BCUT2D eigenvalue weighted by molar-refractivity contribution is 6.17. The summed E-state index contributed by atoms with van der Waals surface area (Å²) >= 11 is 5.56. The van der Waals surface area contributed by atoms with E-state index in [1.807, 2.05) is 0 Å². The van der Waals surface area contributed by atoms with E-state index < -0.39 is 0 Å². The van der Waals surface area contributed by atoms with Crippen LogP contribution in [-0.4, -0.2) is 32.0 Å². The van der Waals surface area contributed by atoms with Crippen molar-refractivity contribution in [2.45, 2.75) is 38.5 Å². The molecule has 0 atom stereocenters. The number of carbonyl (C=O) groups is 1. The molecule has 1 rings (SSSR count). The fourth-order valence-corrected chi connectivity index (χ4v) is 1.95. The second kappa shape index (κ2) is 7.13. The number of nitrogens with one attached hydrogen (secondary N) is 1. The molecule has 0 spiro atoms. The summed E-state index contributed by atoms with van der Waals surface area (Å²) in [4.78, 5) is 11.5. The van der Waals surface area contributed by atoms with E-state index in [0.29, 0.717) is 17.7 Å². The van der Waals surface area contributed by atoms with Crippen molar-refractivity contribution in [2.24, 2.45) is 5.41 Å². The minimum Gasteiger partial charge on any atom is -0.385 e. The first kappa shape index (κ1) is 13.8. The molecule has 0 heterocycles. The van der Waals surface area contributed by atoms with Crippen LogP contribution in [0.3, 0.4) is 0 Å². The number of amides is 1. The van der Waals surface area contributed by atoms with Crippen LogP contribution < -0.4 is 5.32 Å². The van der Waals surface area contributed by atoms with Gasteiger partial charge in [-0.3, -0.25) is 4.79 Å². The standard InChI is InChI=1S/C12H22ClNO2/c1-16-9-7-12(5-6-12)10-14-11(15)4-2-3-8-13/h2-10H2,1H3,(H,14,15). The molecule has 0 saturated heterocycles. The molecule has 0 aromatic carbocycles. The van der Waals surface area contributed by atoms with Crippen LogP contribution in [0.15, 0.2) is 0 Å². The second-order valence-electron chi connectivity index (χ2n) is 4.67. The maximum Gasteiger partial charge on any atom is 0.220 e. The topological polar surface area (TPSA) is 38.3 Å². The summed E-state index contributed by atoms with van der Waals surface area (Å²) in [6, 6.07) is 0. The Morgan fingerprint density at radius 3 is 2.75 bits per heavy atom. The lowest BCUT2D eigenvalue weighted by atomic mass is 10.0. The van der Waals surface area contributed by atoms with Gasteiger partial charge in [-0.15, -0.1) is 11.6 Å². The summed E-state index contributed by atoms with van der Waals surface area (Å²) in [6.45, 7) is 1.61. The molecule has 1 fully saturated rings. The van der Waals surface area contributed by atoms with Gasteiger partial charge in [0.05, 0.1) is 0 Å². The van der Waals surface area contributed by atoms with Crippen molar-refractivity contribution >= 4 is 17.5 Å².